The summed E-state index contributed by atoms with van der Waals surface area (Å²) in [6.07, 6.45) is 1.70. The average molecular weight is 306 g/mol. The number of hydrogen-bond acceptors (Lipinski definition) is 2. The van der Waals surface area contributed by atoms with Crippen LogP contribution in [0.4, 0.5) is 0 Å². The van der Waals surface area contributed by atoms with Crippen molar-refractivity contribution in [2.45, 2.75) is 27.7 Å². The highest BCUT2D eigenvalue weighted by Gasteiger charge is 2.10. The standard InChI is InChI=1S/C12H10BrN3.C2H6/c1-8-3-4-9(2)16(8)12-10(6-14)5-11(13)7-15-12;1-2/h3-5,7H,1-2H3;1-2H3. The van der Waals surface area contributed by atoms with Crippen LogP contribution in [0.1, 0.15) is 30.8 Å². The highest BCUT2D eigenvalue weighted by molar-refractivity contribution is 9.10. The van der Waals surface area contributed by atoms with Crippen molar-refractivity contribution < 1.29 is 0 Å². The van der Waals surface area contributed by atoms with Gasteiger partial charge in [0.05, 0.1) is 5.56 Å². The molecule has 0 aliphatic carbocycles. The second kappa shape index (κ2) is 6.36. The van der Waals surface area contributed by atoms with E-state index in [1.54, 1.807) is 12.3 Å². The van der Waals surface area contributed by atoms with Gasteiger partial charge in [-0.25, -0.2) is 4.98 Å². The summed E-state index contributed by atoms with van der Waals surface area (Å²) in [5.74, 6) is 0.686. The van der Waals surface area contributed by atoms with Crippen LogP contribution in [-0.2, 0) is 0 Å². The molecular formula is C14H16BrN3. The molecule has 4 heteroatoms. The summed E-state index contributed by atoms with van der Waals surface area (Å²) in [5, 5.41) is 9.10. The molecule has 18 heavy (non-hydrogen) atoms. The fraction of sp³-hybridized carbons (Fsp3) is 0.286. The van der Waals surface area contributed by atoms with E-state index in [-0.39, 0.29) is 0 Å². The smallest absolute Gasteiger partial charge is 0.155 e. The van der Waals surface area contributed by atoms with E-state index in [4.69, 9.17) is 5.26 Å². The Hall–Kier alpha value is -1.60. The van der Waals surface area contributed by atoms with E-state index in [9.17, 15) is 0 Å². The summed E-state index contributed by atoms with van der Waals surface area (Å²) in [6, 6.07) is 7.97. The molecule has 2 rings (SSSR count). The summed E-state index contributed by atoms with van der Waals surface area (Å²) in [5.41, 5.74) is 2.71. The third-order valence-corrected chi connectivity index (χ3v) is 2.87. The van der Waals surface area contributed by atoms with Crippen molar-refractivity contribution >= 4 is 15.9 Å². The Morgan fingerprint density at radius 3 is 2.28 bits per heavy atom. The third kappa shape index (κ3) is 2.80. The fourth-order valence-electron chi connectivity index (χ4n) is 1.70. The molecule has 0 amide bonds. The first-order chi connectivity index (χ1) is 8.63. The van der Waals surface area contributed by atoms with Gasteiger partial charge in [-0.2, -0.15) is 5.26 Å². The zero-order valence-electron chi connectivity index (χ0n) is 11.0. The Bertz CT molecular complexity index is 560. The lowest BCUT2D eigenvalue weighted by molar-refractivity contribution is 0.916. The Balaban J connectivity index is 0.000000771. The number of aryl methyl sites for hydroxylation is 2. The van der Waals surface area contributed by atoms with E-state index in [0.29, 0.717) is 11.4 Å². The van der Waals surface area contributed by atoms with Gasteiger partial charge in [0, 0.05) is 22.1 Å². The first-order valence-electron chi connectivity index (χ1n) is 5.84. The maximum absolute atomic E-state index is 9.10. The summed E-state index contributed by atoms with van der Waals surface area (Å²) in [4.78, 5) is 4.31. The molecule has 2 aromatic rings. The van der Waals surface area contributed by atoms with Crippen molar-refractivity contribution in [3.8, 4) is 11.9 Å². The number of rotatable bonds is 1. The van der Waals surface area contributed by atoms with Gasteiger partial charge >= 0.3 is 0 Å². The first kappa shape index (κ1) is 14.5. The third-order valence-electron chi connectivity index (χ3n) is 2.44. The Kier molecular flexibility index (Phi) is 5.11. The molecule has 0 atom stereocenters. The monoisotopic (exact) mass is 305 g/mol. The predicted molar refractivity (Wildman–Crippen MR) is 76.8 cm³/mol. The van der Waals surface area contributed by atoms with Crippen LogP contribution in [0.25, 0.3) is 5.82 Å². The van der Waals surface area contributed by atoms with Gasteiger partial charge in [0.1, 0.15) is 6.07 Å². The highest BCUT2D eigenvalue weighted by atomic mass is 79.9. The van der Waals surface area contributed by atoms with Gasteiger partial charge in [-0.15, -0.1) is 0 Å². The zero-order chi connectivity index (χ0) is 13.7. The quantitative estimate of drug-likeness (QED) is 0.794. The van der Waals surface area contributed by atoms with Crippen LogP contribution < -0.4 is 0 Å². The van der Waals surface area contributed by atoms with E-state index in [0.717, 1.165) is 15.9 Å². The maximum atomic E-state index is 9.10. The topological polar surface area (TPSA) is 41.6 Å². The fourth-order valence-corrected chi connectivity index (χ4v) is 2.03. The maximum Gasteiger partial charge on any atom is 0.155 e. The van der Waals surface area contributed by atoms with E-state index in [1.165, 1.54) is 0 Å². The van der Waals surface area contributed by atoms with Crippen LogP contribution in [-0.4, -0.2) is 9.55 Å². The van der Waals surface area contributed by atoms with E-state index < -0.39 is 0 Å². The summed E-state index contributed by atoms with van der Waals surface area (Å²) in [7, 11) is 0. The number of hydrogen-bond donors (Lipinski definition) is 0. The summed E-state index contributed by atoms with van der Waals surface area (Å²) < 4.78 is 2.79. The van der Waals surface area contributed by atoms with Crippen molar-refractivity contribution in [3.63, 3.8) is 0 Å². The minimum Gasteiger partial charge on any atom is -0.302 e. The molecule has 0 aliphatic heterocycles. The molecule has 94 valence electrons. The Morgan fingerprint density at radius 2 is 1.78 bits per heavy atom. The molecule has 0 N–H and O–H groups in total. The second-order valence-corrected chi connectivity index (χ2v) is 4.50. The Morgan fingerprint density at radius 1 is 1.22 bits per heavy atom. The van der Waals surface area contributed by atoms with Crippen LogP contribution >= 0.6 is 15.9 Å². The van der Waals surface area contributed by atoms with E-state index in [1.807, 2.05) is 44.4 Å². The van der Waals surface area contributed by atoms with Crippen LogP contribution in [0, 0.1) is 25.2 Å². The van der Waals surface area contributed by atoms with Gasteiger partial charge in [-0.1, -0.05) is 13.8 Å². The molecule has 2 heterocycles. The predicted octanol–water partition coefficient (Wildman–Crippen LogP) is 4.15. The average Bonchev–Trinajstić information content (AvgIpc) is 2.72. The van der Waals surface area contributed by atoms with Gasteiger partial charge < -0.3 is 4.57 Å². The van der Waals surface area contributed by atoms with Crippen LogP contribution in [0.3, 0.4) is 0 Å². The van der Waals surface area contributed by atoms with Crippen molar-refractivity contribution in [1.29, 1.82) is 5.26 Å². The molecule has 0 spiro atoms. The number of nitriles is 1. The molecule has 2 aromatic heterocycles. The molecule has 0 radical (unpaired) electrons. The van der Waals surface area contributed by atoms with Gasteiger partial charge in [0.15, 0.2) is 5.82 Å². The van der Waals surface area contributed by atoms with Crippen molar-refractivity contribution in [2.75, 3.05) is 0 Å². The molecule has 0 saturated heterocycles. The number of halogens is 1. The molecule has 0 aliphatic rings. The van der Waals surface area contributed by atoms with Crippen molar-refractivity contribution in [2.24, 2.45) is 0 Å². The molecule has 0 fully saturated rings. The van der Waals surface area contributed by atoms with Crippen molar-refractivity contribution in [3.05, 3.63) is 45.8 Å². The van der Waals surface area contributed by atoms with Crippen LogP contribution in [0.2, 0.25) is 0 Å². The normalized spacial score (nSPS) is 9.33. The number of nitrogens with zero attached hydrogens (tertiary/aromatic N) is 3. The van der Waals surface area contributed by atoms with Crippen LogP contribution in [0.5, 0.6) is 0 Å². The Labute approximate surface area is 116 Å². The largest absolute Gasteiger partial charge is 0.302 e. The SMILES string of the molecule is CC.Cc1ccc(C)n1-c1ncc(Br)cc1C#N. The van der Waals surface area contributed by atoms with E-state index in [2.05, 4.69) is 27.0 Å². The van der Waals surface area contributed by atoms with Gasteiger partial charge in [-0.05, 0) is 48.0 Å². The molecule has 0 aromatic carbocycles. The molecule has 3 nitrogen and oxygen atoms in total. The minimum atomic E-state index is 0.566. The highest BCUT2D eigenvalue weighted by Crippen LogP contribution is 2.20. The molecule has 0 saturated carbocycles. The van der Waals surface area contributed by atoms with Gasteiger partial charge in [0.25, 0.3) is 0 Å². The van der Waals surface area contributed by atoms with Crippen molar-refractivity contribution in [1.82, 2.24) is 9.55 Å². The summed E-state index contributed by atoms with van der Waals surface area (Å²) in [6.45, 7) is 8.00. The van der Waals surface area contributed by atoms with Gasteiger partial charge in [-0.3, -0.25) is 0 Å². The first-order valence-corrected chi connectivity index (χ1v) is 6.63. The number of pyridine rings is 1. The lowest BCUT2D eigenvalue weighted by atomic mass is 10.2. The number of aromatic nitrogens is 2. The van der Waals surface area contributed by atoms with Gasteiger partial charge in [0.2, 0.25) is 0 Å². The molecule has 0 unspecified atom stereocenters. The summed E-state index contributed by atoms with van der Waals surface area (Å²) >= 11 is 3.31. The second-order valence-electron chi connectivity index (χ2n) is 3.59. The molecule has 0 bridgehead atoms. The van der Waals surface area contributed by atoms with Crippen LogP contribution in [0.15, 0.2) is 28.9 Å². The minimum absolute atomic E-state index is 0.566. The lowest BCUT2D eigenvalue weighted by Gasteiger charge is -2.09. The zero-order valence-corrected chi connectivity index (χ0v) is 12.6. The van der Waals surface area contributed by atoms with E-state index >= 15 is 0 Å². The molecular weight excluding hydrogens is 290 g/mol. The lowest BCUT2D eigenvalue weighted by Crippen LogP contribution is -2.04.